The molecule has 0 unspecified atom stereocenters. The average Bonchev–Trinajstić information content (AvgIpc) is 3.03. The molecule has 0 aliphatic heterocycles. The minimum atomic E-state index is 0.0203. The molecule has 4 nitrogen and oxygen atoms in total. The van der Waals surface area contributed by atoms with E-state index < -0.39 is 0 Å². The lowest BCUT2D eigenvalue weighted by Crippen LogP contribution is -2.26. The molecule has 1 aromatic heterocycles. The molecule has 4 heteroatoms. The molecule has 0 spiro atoms. The summed E-state index contributed by atoms with van der Waals surface area (Å²) in [5.41, 5.74) is 6.77. The third-order valence-corrected chi connectivity index (χ3v) is 4.53. The largest absolute Gasteiger partial charge is 0.350 e. The molecule has 0 fully saturated rings. The number of aromatic amines is 1. The van der Waals surface area contributed by atoms with Gasteiger partial charge in [-0.2, -0.15) is 0 Å². The Morgan fingerprint density at radius 3 is 2.79 bits per heavy atom. The van der Waals surface area contributed by atoms with Crippen molar-refractivity contribution >= 4 is 16.9 Å². The predicted octanol–water partition coefficient (Wildman–Crippen LogP) is 3.99. The molecule has 0 saturated carbocycles. The van der Waals surface area contributed by atoms with E-state index in [0.717, 1.165) is 28.6 Å². The zero-order valence-electron chi connectivity index (χ0n) is 14.4. The summed E-state index contributed by atoms with van der Waals surface area (Å²) in [5, 5.41) is 3.09. The summed E-state index contributed by atoms with van der Waals surface area (Å²) in [6.07, 6.45) is 2.89. The molecule has 0 aliphatic rings. The molecule has 2 N–H and O–H groups in total. The number of imidazole rings is 1. The van der Waals surface area contributed by atoms with Crippen LogP contribution in [0, 0.1) is 13.8 Å². The van der Waals surface area contributed by atoms with Crippen molar-refractivity contribution in [2.24, 2.45) is 0 Å². The highest BCUT2D eigenvalue weighted by Gasteiger charge is 2.10. The molecule has 2 aromatic carbocycles. The summed E-state index contributed by atoms with van der Waals surface area (Å²) in [5.74, 6) is 0.0745. The van der Waals surface area contributed by atoms with E-state index in [1.807, 2.05) is 19.1 Å². The molecule has 0 saturated heterocycles. The second-order valence-electron chi connectivity index (χ2n) is 6.39. The maximum atomic E-state index is 12.2. The van der Waals surface area contributed by atoms with Crippen molar-refractivity contribution in [2.45, 2.75) is 39.7 Å². The van der Waals surface area contributed by atoms with Crippen LogP contribution in [0.1, 0.15) is 41.6 Å². The van der Waals surface area contributed by atoms with Crippen LogP contribution in [0.2, 0.25) is 0 Å². The first kappa shape index (κ1) is 16.2. The van der Waals surface area contributed by atoms with Gasteiger partial charge in [0.1, 0.15) is 0 Å². The van der Waals surface area contributed by atoms with E-state index in [0.29, 0.717) is 6.42 Å². The molecular formula is C20H23N3O. The maximum Gasteiger partial charge on any atom is 0.220 e. The van der Waals surface area contributed by atoms with Gasteiger partial charge in [-0.15, -0.1) is 0 Å². The Morgan fingerprint density at radius 1 is 1.17 bits per heavy atom. The van der Waals surface area contributed by atoms with Gasteiger partial charge in [0.25, 0.3) is 0 Å². The lowest BCUT2D eigenvalue weighted by atomic mass is 10.0. The fraction of sp³-hybridized carbons (Fsp3) is 0.300. The Bertz CT molecular complexity index is 866. The third-order valence-electron chi connectivity index (χ3n) is 4.53. The molecule has 0 radical (unpaired) electrons. The number of hydrogen-bond donors (Lipinski definition) is 2. The fourth-order valence-electron chi connectivity index (χ4n) is 2.83. The number of benzene rings is 2. The highest BCUT2D eigenvalue weighted by molar-refractivity contribution is 5.78. The Kier molecular flexibility index (Phi) is 4.65. The lowest BCUT2D eigenvalue weighted by Gasteiger charge is -2.15. The number of aromatic nitrogens is 2. The van der Waals surface area contributed by atoms with Crippen LogP contribution < -0.4 is 5.32 Å². The zero-order chi connectivity index (χ0) is 17.1. The van der Waals surface area contributed by atoms with Crippen molar-refractivity contribution in [3.63, 3.8) is 0 Å². The number of fused-ring (bicyclic) bond motifs is 1. The van der Waals surface area contributed by atoms with E-state index in [-0.39, 0.29) is 11.9 Å². The Morgan fingerprint density at radius 2 is 2.00 bits per heavy atom. The molecule has 124 valence electrons. The van der Waals surface area contributed by atoms with Crippen molar-refractivity contribution < 1.29 is 4.79 Å². The first-order valence-corrected chi connectivity index (χ1v) is 8.31. The summed E-state index contributed by atoms with van der Waals surface area (Å²) in [4.78, 5) is 19.5. The number of rotatable bonds is 5. The number of nitrogens with zero attached hydrogens (tertiary/aromatic N) is 1. The second-order valence-corrected chi connectivity index (χ2v) is 6.39. The minimum absolute atomic E-state index is 0.0203. The summed E-state index contributed by atoms with van der Waals surface area (Å²) in [6, 6.07) is 12.4. The number of hydrogen-bond acceptors (Lipinski definition) is 2. The van der Waals surface area contributed by atoms with Gasteiger partial charge in [0, 0.05) is 6.42 Å². The lowest BCUT2D eigenvalue weighted by molar-refractivity contribution is -0.121. The van der Waals surface area contributed by atoms with E-state index in [1.165, 1.54) is 11.1 Å². The normalized spacial score (nSPS) is 12.3. The first-order chi connectivity index (χ1) is 11.5. The van der Waals surface area contributed by atoms with E-state index in [1.54, 1.807) is 6.33 Å². The van der Waals surface area contributed by atoms with Gasteiger partial charge in [0.2, 0.25) is 5.91 Å². The number of amides is 1. The van der Waals surface area contributed by atoms with Gasteiger partial charge in [-0.3, -0.25) is 4.79 Å². The van der Waals surface area contributed by atoms with Gasteiger partial charge < -0.3 is 10.3 Å². The third kappa shape index (κ3) is 3.65. The topological polar surface area (TPSA) is 57.8 Å². The van der Waals surface area contributed by atoms with E-state index in [4.69, 9.17) is 0 Å². The molecule has 1 atom stereocenters. The highest BCUT2D eigenvalue weighted by Crippen LogP contribution is 2.17. The summed E-state index contributed by atoms with van der Waals surface area (Å²) in [6.45, 7) is 6.22. The molecule has 1 heterocycles. The van der Waals surface area contributed by atoms with E-state index >= 15 is 0 Å². The molecule has 3 rings (SSSR count). The zero-order valence-corrected chi connectivity index (χ0v) is 14.4. The van der Waals surface area contributed by atoms with Crippen LogP contribution >= 0.6 is 0 Å². The molecule has 0 aliphatic carbocycles. The molecule has 0 bridgehead atoms. The van der Waals surface area contributed by atoms with Gasteiger partial charge in [-0.1, -0.05) is 24.3 Å². The number of carbonyl (C=O) groups is 1. The quantitative estimate of drug-likeness (QED) is 0.746. The maximum absolute atomic E-state index is 12.2. The number of nitrogens with one attached hydrogen (secondary N) is 2. The average molecular weight is 321 g/mol. The Labute approximate surface area is 142 Å². The van der Waals surface area contributed by atoms with Crippen molar-refractivity contribution in [3.05, 3.63) is 65.0 Å². The standard InChI is InChI=1S/C20H23N3O/c1-13-4-7-17(10-14(13)2)15(3)23-20(24)9-6-16-5-8-18-19(11-16)22-12-21-18/h4-5,7-8,10-12,15H,6,9H2,1-3H3,(H,21,22)(H,23,24)/t15-/m0/s1. The number of carbonyl (C=O) groups excluding carboxylic acids is 1. The summed E-state index contributed by atoms with van der Waals surface area (Å²) < 4.78 is 0. The summed E-state index contributed by atoms with van der Waals surface area (Å²) in [7, 11) is 0. The van der Waals surface area contributed by atoms with Crippen LogP contribution in [0.25, 0.3) is 11.0 Å². The van der Waals surface area contributed by atoms with Gasteiger partial charge in [0.15, 0.2) is 0 Å². The Balaban J connectivity index is 1.57. The SMILES string of the molecule is Cc1ccc([C@H](C)NC(=O)CCc2ccc3nc[nH]c3c2)cc1C. The molecule has 3 aromatic rings. The molecule has 24 heavy (non-hydrogen) atoms. The van der Waals surface area contributed by atoms with Crippen LogP contribution in [-0.4, -0.2) is 15.9 Å². The number of H-pyrrole nitrogens is 1. The fourth-order valence-corrected chi connectivity index (χ4v) is 2.83. The van der Waals surface area contributed by atoms with Crippen molar-refractivity contribution in [2.75, 3.05) is 0 Å². The highest BCUT2D eigenvalue weighted by atomic mass is 16.1. The van der Waals surface area contributed by atoms with Crippen LogP contribution in [0.15, 0.2) is 42.7 Å². The van der Waals surface area contributed by atoms with Crippen LogP contribution in [0.3, 0.4) is 0 Å². The monoisotopic (exact) mass is 321 g/mol. The van der Waals surface area contributed by atoms with Gasteiger partial charge in [-0.25, -0.2) is 4.98 Å². The van der Waals surface area contributed by atoms with Crippen molar-refractivity contribution in [1.29, 1.82) is 0 Å². The summed E-state index contributed by atoms with van der Waals surface area (Å²) >= 11 is 0. The van der Waals surface area contributed by atoms with Crippen LogP contribution in [0.5, 0.6) is 0 Å². The van der Waals surface area contributed by atoms with Gasteiger partial charge >= 0.3 is 0 Å². The van der Waals surface area contributed by atoms with Gasteiger partial charge in [0.05, 0.1) is 23.4 Å². The van der Waals surface area contributed by atoms with E-state index in [9.17, 15) is 4.79 Å². The molecular weight excluding hydrogens is 298 g/mol. The van der Waals surface area contributed by atoms with Crippen molar-refractivity contribution in [1.82, 2.24) is 15.3 Å². The van der Waals surface area contributed by atoms with Crippen LogP contribution in [0.4, 0.5) is 0 Å². The van der Waals surface area contributed by atoms with E-state index in [2.05, 4.69) is 53.4 Å². The predicted molar refractivity (Wildman–Crippen MR) is 96.9 cm³/mol. The number of aryl methyl sites for hydroxylation is 3. The minimum Gasteiger partial charge on any atom is -0.350 e. The smallest absolute Gasteiger partial charge is 0.220 e. The van der Waals surface area contributed by atoms with Gasteiger partial charge in [-0.05, 0) is 61.6 Å². The first-order valence-electron chi connectivity index (χ1n) is 8.31. The van der Waals surface area contributed by atoms with Crippen molar-refractivity contribution in [3.8, 4) is 0 Å². The Hall–Kier alpha value is -2.62. The van der Waals surface area contributed by atoms with Crippen LogP contribution in [-0.2, 0) is 11.2 Å². The molecule has 1 amide bonds. The second kappa shape index (κ2) is 6.87.